The molecule has 7 heteroatoms. The molecule has 0 spiro atoms. The first-order chi connectivity index (χ1) is 7.74. The lowest BCUT2D eigenvalue weighted by Gasteiger charge is -2.26. The van der Waals surface area contributed by atoms with Gasteiger partial charge in [-0.2, -0.15) is 0 Å². The maximum Gasteiger partial charge on any atom is 0.246 e. The minimum Gasteiger partial charge on any atom is -0.389 e. The van der Waals surface area contributed by atoms with Crippen molar-refractivity contribution < 1.29 is 19.4 Å². The summed E-state index contributed by atoms with van der Waals surface area (Å²) < 4.78 is 10.2. The summed E-state index contributed by atoms with van der Waals surface area (Å²) in [5.74, 6) is 1.20. The smallest absolute Gasteiger partial charge is 0.246 e. The fraction of sp³-hybridized carbons (Fsp3) is 0.889. The highest BCUT2D eigenvalue weighted by atomic mass is 33.1. The summed E-state index contributed by atoms with van der Waals surface area (Å²) in [5.41, 5.74) is 0. The van der Waals surface area contributed by atoms with Crippen molar-refractivity contribution in [2.75, 3.05) is 38.4 Å². The molecule has 2 N–H and O–H groups in total. The SMILES string of the molecule is COCCNC(=O)CO[C@H]1CSSC[C@@H]1O. The largest absolute Gasteiger partial charge is 0.389 e. The first-order valence-corrected chi connectivity index (χ1v) is 7.52. The van der Waals surface area contributed by atoms with Crippen molar-refractivity contribution in [1.29, 1.82) is 0 Å². The Morgan fingerprint density at radius 1 is 1.50 bits per heavy atom. The zero-order valence-corrected chi connectivity index (χ0v) is 10.8. The van der Waals surface area contributed by atoms with Crippen LogP contribution in [0.15, 0.2) is 0 Å². The Kier molecular flexibility index (Phi) is 7.22. The molecule has 1 aliphatic rings. The summed E-state index contributed by atoms with van der Waals surface area (Å²) in [6.07, 6.45) is -0.711. The molecule has 94 valence electrons. The molecule has 0 aromatic heterocycles. The van der Waals surface area contributed by atoms with Crippen LogP contribution in [0, 0.1) is 0 Å². The van der Waals surface area contributed by atoms with Gasteiger partial charge >= 0.3 is 0 Å². The Hall–Kier alpha value is 0.0500. The van der Waals surface area contributed by atoms with Gasteiger partial charge in [-0.05, 0) is 0 Å². The molecule has 0 aromatic carbocycles. The van der Waals surface area contributed by atoms with Crippen molar-refractivity contribution >= 4 is 27.5 Å². The van der Waals surface area contributed by atoms with Crippen molar-refractivity contribution in [2.45, 2.75) is 12.2 Å². The molecule has 0 saturated carbocycles. The number of rotatable bonds is 6. The molecule has 1 heterocycles. The lowest BCUT2D eigenvalue weighted by molar-refractivity contribution is -0.129. The third-order valence-corrected chi connectivity index (χ3v) is 4.47. The topological polar surface area (TPSA) is 67.8 Å². The summed E-state index contributed by atoms with van der Waals surface area (Å²) in [6.45, 7) is 0.970. The van der Waals surface area contributed by atoms with Crippen LogP contribution in [0.1, 0.15) is 0 Å². The molecule has 0 aliphatic carbocycles. The van der Waals surface area contributed by atoms with Gasteiger partial charge in [0.1, 0.15) is 6.61 Å². The van der Waals surface area contributed by atoms with Gasteiger partial charge in [-0.1, -0.05) is 21.6 Å². The van der Waals surface area contributed by atoms with Crippen LogP contribution in [0.25, 0.3) is 0 Å². The number of amides is 1. The van der Waals surface area contributed by atoms with Crippen molar-refractivity contribution in [3.05, 3.63) is 0 Å². The number of nitrogens with one attached hydrogen (secondary N) is 1. The van der Waals surface area contributed by atoms with Gasteiger partial charge in [-0.3, -0.25) is 4.79 Å². The number of hydrogen-bond donors (Lipinski definition) is 2. The highest BCUT2D eigenvalue weighted by molar-refractivity contribution is 8.76. The Bertz CT molecular complexity index is 218. The third-order valence-electron chi connectivity index (χ3n) is 2.04. The normalized spacial score (nSPS) is 25.4. The van der Waals surface area contributed by atoms with Gasteiger partial charge in [0.05, 0.1) is 18.8 Å². The van der Waals surface area contributed by atoms with Crippen LogP contribution >= 0.6 is 21.6 Å². The number of aliphatic hydroxyl groups is 1. The van der Waals surface area contributed by atoms with Gasteiger partial charge in [0.2, 0.25) is 5.91 Å². The van der Waals surface area contributed by atoms with Crippen LogP contribution in [0.3, 0.4) is 0 Å². The Morgan fingerprint density at radius 3 is 2.94 bits per heavy atom. The summed E-state index contributed by atoms with van der Waals surface area (Å²) in [7, 11) is 4.87. The minimum atomic E-state index is -0.474. The predicted molar refractivity (Wildman–Crippen MR) is 65.5 cm³/mol. The average molecular weight is 267 g/mol. The standard InChI is InChI=1S/C9H17NO4S2/c1-13-3-2-10-9(12)4-14-8-6-16-15-5-7(8)11/h7-8,11H,2-6H2,1H3,(H,10,12)/t7-,8-/m0/s1. The number of aliphatic hydroxyl groups excluding tert-OH is 1. The van der Waals surface area contributed by atoms with Crippen LogP contribution < -0.4 is 5.32 Å². The molecular formula is C9H17NO4S2. The molecule has 0 unspecified atom stereocenters. The summed E-state index contributed by atoms with van der Waals surface area (Å²) in [5, 5.41) is 12.2. The second kappa shape index (κ2) is 8.19. The average Bonchev–Trinajstić information content (AvgIpc) is 2.28. The second-order valence-electron chi connectivity index (χ2n) is 3.33. The zero-order chi connectivity index (χ0) is 11.8. The van der Waals surface area contributed by atoms with Crippen LogP contribution in [0.2, 0.25) is 0 Å². The van der Waals surface area contributed by atoms with Crippen LogP contribution in [0.4, 0.5) is 0 Å². The van der Waals surface area contributed by atoms with Crippen molar-refractivity contribution in [1.82, 2.24) is 5.32 Å². The van der Waals surface area contributed by atoms with E-state index in [0.717, 1.165) is 5.75 Å². The highest BCUT2D eigenvalue weighted by Crippen LogP contribution is 2.30. The summed E-state index contributed by atoms with van der Waals surface area (Å²) in [4.78, 5) is 11.3. The fourth-order valence-electron chi connectivity index (χ4n) is 1.14. The van der Waals surface area contributed by atoms with Crippen LogP contribution in [-0.4, -0.2) is 61.6 Å². The molecule has 0 bridgehead atoms. The quantitative estimate of drug-likeness (QED) is 0.517. The summed E-state index contributed by atoms with van der Waals surface area (Å²) >= 11 is 0. The Labute approximate surface area is 103 Å². The van der Waals surface area contributed by atoms with Gasteiger partial charge in [0.15, 0.2) is 0 Å². The molecule has 1 amide bonds. The number of hydrogen-bond acceptors (Lipinski definition) is 6. The van der Waals surface area contributed by atoms with Crippen molar-refractivity contribution in [2.24, 2.45) is 0 Å². The fourth-order valence-corrected chi connectivity index (χ4v) is 3.53. The zero-order valence-electron chi connectivity index (χ0n) is 9.18. The molecule has 16 heavy (non-hydrogen) atoms. The van der Waals surface area contributed by atoms with E-state index in [2.05, 4.69) is 5.32 Å². The second-order valence-corrected chi connectivity index (χ2v) is 5.88. The van der Waals surface area contributed by atoms with Crippen LogP contribution in [-0.2, 0) is 14.3 Å². The van der Waals surface area contributed by atoms with E-state index < -0.39 is 6.10 Å². The van der Waals surface area contributed by atoms with Crippen LogP contribution in [0.5, 0.6) is 0 Å². The van der Waals surface area contributed by atoms with Crippen molar-refractivity contribution in [3.63, 3.8) is 0 Å². The molecule has 1 saturated heterocycles. The molecule has 1 fully saturated rings. The number of ether oxygens (including phenoxy) is 2. The van der Waals surface area contributed by atoms with Gasteiger partial charge in [0.25, 0.3) is 0 Å². The molecule has 0 aromatic rings. The maximum atomic E-state index is 11.3. The first kappa shape index (κ1) is 14.1. The van der Waals surface area contributed by atoms with E-state index in [-0.39, 0.29) is 18.6 Å². The molecule has 2 atom stereocenters. The third kappa shape index (κ3) is 5.40. The molecular weight excluding hydrogens is 250 g/mol. The maximum absolute atomic E-state index is 11.3. The number of methoxy groups -OCH3 is 1. The lowest BCUT2D eigenvalue weighted by atomic mass is 10.2. The first-order valence-electron chi connectivity index (χ1n) is 5.03. The monoisotopic (exact) mass is 267 g/mol. The van der Waals surface area contributed by atoms with E-state index in [1.807, 2.05) is 0 Å². The van der Waals surface area contributed by atoms with Gasteiger partial charge < -0.3 is 19.9 Å². The number of carbonyl (C=O) groups is 1. The molecule has 5 nitrogen and oxygen atoms in total. The van der Waals surface area contributed by atoms with E-state index in [1.54, 1.807) is 28.7 Å². The predicted octanol–water partition coefficient (Wildman–Crippen LogP) is -0.110. The van der Waals surface area contributed by atoms with E-state index in [1.165, 1.54) is 0 Å². The van der Waals surface area contributed by atoms with E-state index in [4.69, 9.17) is 9.47 Å². The molecule has 1 aliphatic heterocycles. The molecule has 1 rings (SSSR count). The minimum absolute atomic E-state index is 0.00331. The van der Waals surface area contributed by atoms with E-state index >= 15 is 0 Å². The molecule has 0 radical (unpaired) electrons. The Balaban J connectivity index is 2.10. The van der Waals surface area contributed by atoms with Gasteiger partial charge in [0, 0.05) is 25.2 Å². The van der Waals surface area contributed by atoms with Gasteiger partial charge in [-0.25, -0.2) is 0 Å². The lowest BCUT2D eigenvalue weighted by Crippen LogP contribution is -2.39. The summed E-state index contributed by atoms with van der Waals surface area (Å²) in [6, 6.07) is 0. The highest BCUT2D eigenvalue weighted by Gasteiger charge is 2.25. The van der Waals surface area contributed by atoms with Crippen molar-refractivity contribution in [3.8, 4) is 0 Å². The Morgan fingerprint density at radius 2 is 2.25 bits per heavy atom. The van der Waals surface area contributed by atoms with E-state index in [9.17, 15) is 9.90 Å². The number of carbonyl (C=O) groups excluding carboxylic acids is 1. The van der Waals surface area contributed by atoms with E-state index in [0.29, 0.717) is 18.9 Å². The van der Waals surface area contributed by atoms with Gasteiger partial charge in [-0.15, -0.1) is 0 Å².